The Morgan fingerprint density at radius 1 is 1.36 bits per heavy atom. The topological polar surface area (TPSA) is 72.3 Å². The van der Waals surface area contributed by atoms with Crippen molar-refractivity contribution >= 4 is 17.2 Å². The highest BCUT2D eigenvalue weighted by molar-refractivity contribution is 5.89. The molecule has 0 saturated heterocycles. The van der Waals surface area contributed by atoms with Crippen LogP contribution in [0, 0.1) is 0 Å². The largest absolute Gasteiger partial charge is 0.461 e. The number of aromatic nitrogens is 4. The number of nitrogens with zero attached hydrogens (tertiary/aromatic N) is 3. The molecular formula is C19H20N4O2. The quantitative estimate of drug-likeness (QED) is 0.723. The van der Waals surface area contributed by atoms with Gasteiger partial charge >= 0.3 is 5.97 Å². The van der Waals surface area contributed by atoms with Crippen LogP contribution in [0.25, 0.3) is 11.2 Å². The van der Waals surface area contributed by atoms with Crippen LogP contribution in [-0.2, 0) is 4.74 Å². The van der Waals surface area contributed by atoms with Crippen LogP contribution in [0.15, 0.2) is 36.7 Å². The minimum absolute atomic E-state index is 0.333. The van der Waals surface area contributed by atoms with Crippen molar-refractivity contribution in [2.24, 2.45) is 0 Å². The van der Waals surface area contributed by atoms with Crippen molar-refractivity contribution in [1.82, 2.24) is 19.6 Å². The van der Waals surface area contributed by atoms with E-state index in [1.54, 1.807) is 13.0 Å². The van der Waals surface area contributed by atoms with Gasteiger partial charge in [-0.2, -0.15) is 5.10 Å². The summed E-state index contributed by atoms with van der Waals surface area (Å²) in [5, 5.41) is 6.99. The second kappa shape index (κ2) is 6.20. The van der Waals surface area contributed by atoms with E-state index in [0.29, 0.717) is 23.9 Å². The number of carbonyl (C=O) groups excluding carboxylic acids is 1. The van der Waals surface area contributed by atoms with Crippen molar-refractivity contribution in [3.8, 4) is 0 Å². The van der Waals surface area contributed by atoms with Gasteiger partial charge in [0, 0.05) is 18.0 Å². The molecule has 0 aliphatic heterocycles. The number of esters is 1. The molecule has 1 N–H and O–H groups in total. The van der Waals surface area contributed by atoms with Gasteiger partial charge in [-0.3, -0.25) is 5.10 Å². The molecule has 0 aromatic carbocycles. The lowest BCUT2D eigenvalue weighted by molar-refractivity contribution is 0.0519. The highest BCUT2D eigenvalue weighted by atomic mass is 16.5. The third-order valence-corrected chi connectivity index (χ3v) is 4.44. The molecule has 0 radical (unpaired) electrons. The minimum Gasteiger partial charge on any atom is -0.461 e. The van der Waals surface area contributed by atoms with Crippen molar-refractivity contribution in [3.63, 3.8) is 0 Å². The number of imidazole rings is 1. The molecule has 1 aliphatic rings. The Morgan fingerprint density at radius 2 is 2.20 bits per heavy atom. The van der Waals surface area contributed by atoms with Gasteiger partial charge in [-0.05, 0) is 50.3 Å². The lowest BCUT2D eigenvalue weighted by Crippen LogP contribution is -2.04. The second-order valence-electron chi connectivity index (χ2n) is 6.22. The number of hydrogen-bond acceptors (Lipinski definition) is 4. The van der Waals surface area contributed by atoms with Crippen LogP contribution in [0.4, 0.5) is 0 Å². The summed E-state index contributed by atoms with van der Waals surface area (Å²) in [5.74, 6) is 0.302. The number of carbonyl (C=O) groups is 1. The third-order valence-electron chi connectivity index (χ3n) is 4.44. The molecule has 1 fully saturated rings. The van der Waals surface area contributed by atoms with Gasteiger partial charge in [0.15, 0.2) is 0 Å². The first-order valence-corrected chi connectivity index (χ1v) is 8.58. The molecule has 4 rings (SSSR count). The number of aromatic amines is 1. The van der Waals surface area contributed by atoms with Crippen molar-refractivity contribution in [1.29, 1.82) is 0 Å². The maximum Gasteiger partial charge on any atom is 0.356 e. The van der Waals surface area contributed by atoms with Gasteiger partial charge in [-0.15, -0.1) is 0 Å². The predicted octanol–water partition coefficient (Wildman–Crippen LogP) is 3.56. The summed E-state index contributed by atoms with van der Waals surface area (Å²) in [6.07, 6.45) is 8.67. The molecular weight excluding hydrogens is 316 g/mol. The van der Waals surface area contributed by atoms with E-state index in [1.165, 1.54) is 18.4 Å². The molecule has 6 heteroatoms. The van der Waals surface area contributed by atoms with Gasteiger partial charge in [0.1, 0.15) is 11.3 Å². The molecule has 0 amide bonds. The van der Waals surface area contributed by atoms with Crippen LogP contribution < -0.4 is 0 Å². The van der Waals surface area contributed by atoms with E-state index in [-0.39, 0.29) is 0 Å². The first-order chi connectivity index (χ1) is 12.2. The van der Waals surface area contributed by atoms with E-state index in [2.05, 4.69) is 32.9 Å². The van der Waals surface area contributed by atoms with Crippen molar-refractivity contribution < 1.29 is 9.53 Å². The van der Waals surface area contributed by atoms with Gasteiger partial charge in [0.2, 0.25) is 0 Å². The van der Waals surface area contributed by atoms with Crippen LogP contribution in [0.2, 0.25) is 0 Å². The van der Waals surface area contributed by atoms with Gasteiger partial charge in [0.05, 0.1) is 18.0 Å². The van der Waals surface area contributed by atoms with E-state index >= 15 is 0 Å². The highest BCUT2D eigenvalue weighted by Crippen LogP contribution is 2.40. The molecule has 128 valence electrons. The summed E-state index contributed by atoms with van der Waals surface area (Å²) in [7, 11) is 0. The summed E-state index contributed by atoms with van der Waals surface area (Å²) in [4.78, 5) is 16.5. The monoisotopic (exact) mass is 336 g/mol. The number of H-pyrrole nitrogens is 1. The van der Waals surface area contributed by atoms with E-state index in [1.807, 2.05) is 19.2 Å². The van der Waals surface area contributed by atoms with Crippen LogP contribution >= 0.6 is 0 Å². The number of nitrogens with one attached hydrogen (secondary N) is 1. The number of hydrogen-bond donors (Lipinski definition) is 1. The molecule has 1 aliphatic carbocycles. The lowest BCUT2D eigenvalue weighted by atomic mass is 10.1. The zero-order chi connectivity index (χ0) is 17.4. The molecule has 25 heavy (non-hydrogen) atoms. The van der Waals surface area contributed by atoms with E-state index < -0.39 is 5.97 Å². The van der Waals surface area contributed by atoms with Crippen molar-refractivity contribution in [2.75, 3.05) is 6.61 Å². The molecule has 1 saturated carbocycles. The average Bonchev–Trinajstić information content (AvgIpc) is 3.20. The maximum atomic E-state index is 11.8. The van der Waals surface area contributed by atoms with E-state index in [4.69, 9.17) is 9.72 Å². The van der Waals surface area contributed by atoms with E-state index in [0.717, 1.165) is 16.9 Å². The molecule has 0 spiro atoms. The van der Waals surface area contributed by atoms with Gasteiger partial charge in [0.25, 0.3) is 0 Å². The molecule has 0 atom stereocenters. The minimum atomic E-state index is -0.402. The Morgan fingerprint density at radius 3 is 2.92 bits per heavy atom. The molecule has 3 heterocycles. The number of allylic oxidation sites excluding steroid dienone is 1. The summed E-state index contributed by atoms with van der Waals surface area (Å²) in [5.41, 5.74) is 5.00. The molecule has 3 aromatic rings. The standard InChI is InChI=1S/C19H20N4O2/c1-3-14(15-9-16(22-21-15)19(24)25-4-2)17-11-23-10-13(12-5-6-12)7-8-18(23)20-17/h3,7-12H,4-6H2,1-2H3,(H,21,22)/b14-3+. The smallest absolute Gasteiger partial charge is 0.356 e. The van der Waals surface area contributed by atoms with Crippen molar-refractivity contribution in [3.05, 3.63) is 59.3 Å². The zero-order valence-electron chi connectivity index (χ0n) is 14.3. The van der Waals surface area contributed by atoms with Gasteiger partial charge in [-0.25, -0.2) is 9.78 Å². The molecule has 0 bridgehead atoms. The molecule has 0 unspecified atom stereocenters. The van der Waals surface area contributed by atoms with Crippen molar-refractivity contribution in [2.45, 2.75) is 32.6 Å². The Bertz CT molecular complexity index is 963. The zero-order valence-corrected chi connectivity index (χ0v) is 14.3. The first-order valence-electron chi connectivity index (χ1n) is 8.58. The van der Waals surface area contributed by atoms with Crippen LogP contribution in [0.3, 0.4) is 0 Å². The first kappa shape index (κ1) is 15.6. The van der Waals surface area contributed by atoms with Gasteiger partial charge < -0.3 is 9.14 Å². The number of pyridine rings is 1. The van der Waals surface area contributed by atoms with Crippen LogP contribution in [0.5, 0.6) is 0 Å². The SMILES string of the molecule is C/C=C(\c1cc(C(=O)OCC)[nH]n1)c1cn2cc(C3CC3)ccc2n1. The number of ether oxygens (including phenoxy) is 1. The maximum absolute atomic E-state index is 11.8. The fourth-order valence-corrected chi connectivity index (χ4v) is 3.00. The van der Waals surface area contributed by atoms with E-state index in [9.17, 15) is 4.79 Å². The summed E-state index contributed by atoms with van der Waals surface area (Å²) < 4.78 is 7.06. The highest BCUT2D eigenvalue weighted by Gasteiger charge is 2.24. The number of fused-ring (bicyclic) bond motifs is 1. The average molecular weight is 336 g/mol. The second-order valence-corrected chi connectivity index (χ2v) is 6.22. The fourth-order valence-electron chi connectivity index (χ4n) is 3.00. The normalized spacial score (nSPS) is 14.9. The summed E-state index contributed by atoms with van der Waals surface area (Å²) in [6, 6.07) is 5.92. The Kier molecular flexibility index (Phi) is 3.87. The Labute approximate surface area is 145 Å². The Balaban J connectivity index is 1.67. The molecule has 6 nitrogen and oxygen atoms in total. The third kappa shape index (κ3) is 2.95. The van der Waals surface area contributed by atoms with Gasteiger partial charge in [-0.1, -0.05) is 12.1 Å². The predicted molar refractivity (Wildman–Crippen MR) is 94.5 cm³/mol. The van der Waals surface area contributed by atoms with Crippen LogP contribution in [0.1, 0.15) is 60.0 Å². The number of rotatable bonds is 5. The Hall–Kier alpha value is -2.89. The molecule has 3 aromatic heterocycles. The lowest BCUT2D eigenvalue weighted by Gasteiger charge is -1.98. The fraction of sp³-hybridized carbons (Fsp3) is 0.316. The summed E-state index contributed by atoms with van der Waals surface area (Å²) in [6.45, 7) is 4.05. The summed E-state index contributed by atoms with van der Waals surface area (Å²) >= 11 is 0. The van der Waals surface area contributed by atoms with Crippen LogP contribution in [-0.4, -0.2) is 32.2 Å².